The molecule has 2 aromatic rings. The Bertz CT molecular complexity index is 825. The van der Waals surface area contributed by atoms with Crippen molar-refractivity contribution in [1.82, 2.24) is 10.2 Å². The molecule has 2 aromatic carbocycles. The van der Waals surface area contributed by atoms with Crippen molar-refractivity contribution in [3.8, 4) is 17.2 Å². The molecule has 0 amide bonds. The van der Waals surface area contributed by atoms with Crippen LogP contribution in [0.2, 0.25) is 0 Å². The molecule has 0 unspecified atom stereocenters. The fourth-order valence-corrected chi connectivity index (χ4v) is 4.00. The maximum Gasteiger partial charge on any atom is 0.573 e. The molecule has 0 aromatic heterocycles. The van der Waals surface area contributed by atoms with Gasteiger partial charge in [0.1, 0.15) is 5.75 Å². The van der Waals surface area contributed by atoms with Gasteiger partial charge in [0.25, 0.3) is 0 Å². The predicted molar refractivity (Wildman–Crippen MR) is 107 cm³/mol. The van der Waals surface area contributed by atoms with Gasteiger partial charge in [-0.2, -0.15) is 0 Å². The zero-order chi connectivity index (χ0) is 21.0. The molecular weight excluding hydrogens is 453 g/mol. The second kappa shape index (κ2) is 9.23. The van der Waals surface area contributed by atoms with Crippen molar-refractivity contribution in [1.29, 1.82) is 0 Å². The van der Waals surface area contributed by atoms with Crippen LogP contribution in [-0.2, 0) is 0 Å². The number of halogens is 4. The highest BCUT2D eigenvalue weighted by Crippen LogP contribution is 2.41. The molecule has 1 atom stereocenters. The first-order valence-corrected chi connectivity index (χ1v) is 9.83. The van der Waals surface area contributed by atoms with Crippen LogP contribution in [-0.4, -0.2) is 51.7 Å². The first-order chi connectivity index (χ1) is 13.8. The monoisotopic (exact) mass is 474 g/mol. The molecule has 0 bridgehead atoms. The molecule has 1 aliphatic heterocycles. The lowest BCUT2D eigenvalue weighted by atomic mass is 9.96. The molecule has 0 radical (unpaired) electrons. The number of alkyl halides is 3. The van der Waals surface area contributed by atoms with E-state index in [2.05, 4.69) is 30.9 Å². The summed E-state index contributed by atoms with van der Waals surface area (Å²) in [5.74, 6) is 0.936. The number of rotatable bonds is 6. The molecule has 1 N–H and O–H groups in total. The van der Waals surface area contributed by atoms with Gasteiger partial charge in [-0.15, -0.1) is 13.2 Å². The van der Waals surface area contributed by atoms with Gasteiger partial charge < -0.3 is 19.5 Å². The third-order valence-corrected chi connectivity index (χ3v) is 5.43. The average molecular weight is 475 g/mol. The highest BCUT2D eigenvalue weighted by molar-refractivity contribution is 9.10. The maximum absolute atomic E-state index is 12.5. The number of benzene rings is 2. The average Bonchev–Trinajstić information content (AvgIpc) is 2.70. The number of methoxy groups -OCH3 is 2. The number of piperazine rings is 1. The Morgan fingerprint density at radius 2 is 1.59 bits per heavy atom. The highest BCUT2D eigenvalue weighted by Gasteiger charge is 2.32. The van der Waals surface area contributed by atoms with E-state index < -0.39 is 6.36 Å². The zero-order valence-corrected chi connectivity index (χ0v) is 17.6. The summed E-state index contributed by atoms with van der Waals surface area (Å²) >= 11 is 3.62. The molecule has 9 heteroatoms. The Labute approximate surface area is 175 Å². The SMILES string of the molecule is COc1cc(Br)c([C@@H](c2ccc(OC(F)(F)F)cc2)N2CCNCC2)cc1OC. The van der Waals surface area contributed by atoms with Gasteiger partial charge in [-0.05, 0) is 35.4 Å². The topological polar surface area (TPSA) is 43.0 Å². The maximum atomic E-state index is 12.5. The van der Waals surface area contributed by atoms with Crippen LogP contribution in [0.15, 0.2) is 40.9 Å². The number of ether oxygens (including phenoxy) is 3. The van der Waals surface area contributed by atoms with E-state index in [1.807, 2.05) is 12.1 Å². The van der Waals surface area contributed by atoms with E-state index in [0.717, 1.165) is 41.8 Å². The van der Waals surface area contributed by atoms with Crippen molar-refractivity contribution in [2.45, 2.75) is 12.4 Å². The van der Waals surface area contributed by atoms with E-state index in [1.54, 1.807) is 26.4 Å². The zero-order valence-electron chi connectivity index (χ0n) is 16.1. The van der Waals surface area contributed by atoms with Crippen LogP contribution in [0.5, 0.6) is 17.2 Å². The minimum Gasteiger partial charge on any atom is -0.493 e. The summed E-state index contributed by atoms with van der Waals surface area (Å²) in [5.41, 5.74) is 1.79. The van der Waals surface area contributed by atoms with E-state index in [-0.39, 0.29) is 11.8 Å². The molecule has 0 saturated carbocycles. The highest BCUT2D eigenvalue weighted by atomic mass is 79.9. The molecule has 0 spiro atoms. The van der Waals surface area contributed by atoms with Crippen LogP contribution < -0.4 is 19.5 Å². The summed E-state index contributed by atoms with van der Waals surface area (Å²) in [5, 5.41) is 3.32. The number of nitrogens with one attached hydrogen (secondary N) is 1. The third-order valence-electron chi connectivity index (χ3n) is 4.74. The van der Waals surface area contributed by atoms with E-state index in [0.29, 0.717) is 11.5 Å². The van der Waals surface area contributed by atoms with Crippen LogP contribution in [0.1, 0.15) is 17.2 Å². The Kier molecular flexibility index (Phi) is 6.92. The molecule has 0 aliphatic carbocycles. The summed E-state index contributed by atoms with van der Waals surface area (Å²) in [6.45, 7) is 3.26. The summed E-state index contributed by atoms with van der Waals surface area (Å²) < 4.78 is 53.1. The van der Waals surface area contributed by atoms with Crippen LogP contribution in [0.3, 0.4) is 0 Å². The molecule has 1 saturated heterocycles. The molecule has 29 heavy (non-hydrogen) atoms. The number of nitrogens with zero attached hydrogens (tertiary/aromatic N) is 1. The molecule has 5 nitrogen and oxygen atoms in total. The van der Waals surface area contributed by atoms with Crippen LogP contribution in [0.25, 0.3) is 0 Å². The van der Waals surface area contributed by atoms with Gasteiger partial charge in [0, 0.05) is 30.7 Å². The van der Waals surface area contributed by atoms with Crippen LogP contribution >= 0.6 is 15.9 Å². The predicted octanol–water partition coefficient (Wildman–Crippen LogP) is 4.36. The Balaban J connectivity index is 2.02. The molecule has 158 valence electrons. The molecule has 1 aliphatic rings. The van der Waals surface area contributed by atoms with Gasteiger partial charge in [-0.1, -0.05) is 28.1 Å². The molecule has 1 heterocycles. The van der Waals surface area contributed by atoms with Crippen LogP contribution in [0.4, 0.5) is 13.2 Å². The van der Waals surface area contributed by atoms with E-state index in [4.69, 9.17) is 9.47 Å². The van der Waals surface area contributed by atoms with Gasteiger partial charge >= 0.3 is 6.36 Å². The van der Waals surface area contributed by atoms with E-state index in [1.165, 1.54) is 12.1 Å². The fourth-order valence-electron chi connectivity index (χ4n) is 3.46. The Morgan fingerprint density at radius 1 is 1.00 bits per heavy atom. The molecule has 3 rings (SSSR count). The number of hydrogen-bond donors (Lipinski definition) is 1. The second-order valence-corrected chi connectivity index (χ2v) is 7.39. The number of hydrogen-bond acceptors (Lipinski definition) is 5. The van der Waals surface area contributed by atoms with Gasteiger partial charge in [0.05, 0.1) is 20.3 Å². The normalized spacial score (nSPS) is 16.3. The summed E-state index contributed by atoms with van der Waals surface area (Å²) in [6.07, 6.45) is -4.72. The second-order valence-electron chi connectivity index (χ2n) is 6.53. The Hall–Kier alpha value is -1.97. The van der Waals surface area contributed by atoms with E-state index >= 15 is 0 Å². The summed E-state index contributed by atoms with van der Waals surface area (Å²) in [4.78, 5) is 2.28. The van der Waals surface area contributed by atoms with Crippen molar-refractivity contribution in [2.24, 2.45) is 0 Å². The third kappa shape index (κ3) is 5.34. The van der Waals surface area contributed by atoms with Crippen molar-refractivity contribution >= 4 is 15.9 Å². The lowest BCUT2D eigenvalue weighted by Crippen LogP contribution is -2.45. The summed E-state index contributed by atoms with van der Waals surface area (Å²) in [6, 6.07) is 9.57. The van der Waals surface area contributed by atoms with Crippen molar-refractivity contribution in [3.05, 3.63) is 52.0 Å². The van der Waals surface area contributed by atoms with Gasteiger partial charge in [-0.25, -0.2) is 0 Å². The van der Waals surface area contributed by atoms with Crippen molar-refractivity contribution in [2.75, 3.05) is 40.4 Å². The minimum absolute atomic E-state index is 0.175. The first kappa shape index (κ1) is 21.7. The largest absolute Gasteiger partial charge is 0.573 e. The van der Waals surface area contributed by atoms with Crippen LogP contribution in [0, 0.1) is 0 Å². The van der Waals surface area contributed by atoms with Crippen molar-refractivity contribution < 1.29 is 27.4 Å². The first-order valence-electron chi connectivity index (χ1n) is 9.04. The Morgan fingerprint density at radius 3 is 2.14 bits per heavy atom. The van der Waals surface area contributed by atoms with Gasteiger partial charge in [0.15, 0.2) is 11.5 Å². The standard InChI is InChI=1S/C20H22BrF3N2O3/c1-27-17-11-15(16(21)12-18(17)28-2)19(26-9-7-25-8-10-26)13-3-5-14(6-4-13)29-20(22,23)24/h3-6,11-12,19,25H,7-10H2,1-2H3/t19-/m1/s1. The summed E-state index contributed by atoms with van der Waals surface area (Å²) in [7, 11) is 3.13. The molecular formula is C20H22BrF3N2O3. The van der Waals surface area contributed by atoms with Crippen molar-refractivity contribution in [3.63, 3.8) is 0 Å². The lowest BCUT2D eigenvalue weighted by molar-refractivity contribution is -0.274. The van der Waals surface area contributed by atoms with E-state index in [9.17, 15) is 13.2 Å². The minimum atomic E-state index is -4.72. The lowest BCUT2D eigenvalue weighted by Gasteiger charge is -2.36. The molecule has 1 fully saturated rings. The van der Waals surface area contributed by atoms with Gasteiger partial charge in [-0.3, -0.25) is 4.90 Å². The quantitative estimate of drug-likeness (QED) is 0.673. The smallest absolute Gasteiger partial charge is 0.493 e. The van der Waals surface area contributed by atoms with Gasteiger partial charge in [0.2, 0.25) is 0 Å². The fraction of sp³-hybridized carbons (Fsp3) is 0.400.